The van der Waals surface area contributed by atoms with Gasteiger partial charge in [0.2, 0.25) is 0 Å². The second-order valence-electron chi connectivity index (χ2n) is 14.2. The number of hydrogen-bond acceptors (Lipinski definition) is 4. The van der Waals surface area contributed by atoms with E-state index in [2.05, 4.69) is 182 Å². The van der Waals surface area contributed by atoms with Crippen LogP contribution in [0, 0.1) is 0 Å². The normalized spacial score (nSPS) is 11.6. The molecule has 11 aromatic rings. The van der Waals surface area contributed by atoms with Gasteiger partial charge in [0.05, 0.1) is 11.4 Å². The number of benzene rings is 8. The molecule has 11 rings (SSSR count). The zero-order valence-electron chi connectivity index (χ0n) is 30.2. The molecule has 0 N–H and O–H groups in total. The zero-order valence-corrected chi connectivity index (χ0v) is 31.0. The highest BCUT2D eigenvalue weighted by Crippen LogP contribution is 2.40. The average Bonchev–Trinajstić information content (AvgIpc) is 3.85. The minimum absolute atomic E-state index is 0.702. The fourth-order valence-corrected chi connectivity index (χ4v) is 9.03. The summed E-state index contributed by atoms with van der Waals surface area (Å²) in [5.74, 6) is 0.702. The third-order valence-electron chi connectivity index (χ3n) is 10.7. The summed E-state index contributed by atoms with van der Waals surface area (Å²) in [6.45, 7) is 0. The molecule has 8 aromatic carbocycles. The number of furan rings is 1. The van der Waals surface area contributed by atoms with Crippen molar-refractivity contribution >= 4 is 53.4 Å². The predicted molar refractivity (Wildman–Crippen MR) is 235 cm³/mol. The zero-order chi connectivity index (χ0) is 37.0. The van der Waals surface area contributed by atoms with E-state index in [1.807, 2.05) is 23.5 Å². The van der Waals surface area contributed by atoms with Crippen molar-refractivity contribution in [1.82, 2.24) is 9.97 Å². The average molecular weight is 733 g/mol. The van der Waals surface area contributed by atoms with Gasteiger partial charge < -0.3 is 4.42 Å². The molecule has 0 aliphatic carbocycles. The highest BCUT2D eigenvalue weighted by molar-refractivity contribution is 7.25. The largest absolute Gasteiger partial charge is 0.455 e. The van der Waals surface area contributed by atoms with Gasteiger partial charge in [0, 0.05) is 53.2 Å². The first-order valence-electron chi connectivity index (χ1n) is 18.8. The lowest BCUT2D eigenvalue weighted by atomic mass is 9.98. The van der Waals surface area contributed by atoms with Gasteiger partial charge in [-0.05, 0) is 64.2 Å². The second-order valence-corrected chi connectivity index (χ2v) is 15.2. The minimum atomic E-state index is 0.702. The summed E-state index contributed by atoms with van der Waals surface area (Å²) < 4.78 is 9.05. The third kappa shape index (κ3) is 5.67. The summed E-state index contributed by atoms with van der Waals surface area (Å²) in [5.41, 5.74) is 13.4. The maximum absolute atomic E-state index is 6.54. The molecule has 0 amide bonds. The van der Waals surface area contributed by atoms with E-state index in [1.54, 1.807) is 0 Å². The first-order chi connectivity index (χ1) is 27.7. The van der Waals surface area contributed by atoms with Crippen molar-refractivity contribution in [2.24, 2.45) is 0 Å². The van der Waals surface area contributed by atoms with Crippen LogP contribution in [0.15, 0.2) is 199 Å². The van der Waals surface area contributed by atoms with Crippen LogP contribution in [-0.4, -0.2) is 9.97 Å². The lowest BCUT2D eigenvalue weighted by Crippen LogP contribution is -1.96. The Morgan fingerprint density at radius 3 is 1.73 bits per heavy atom. The maximum atomic E-state index is 6.54. The number of aromatic nitrogens is 2. The third-order valence-corrected chi connectivity index (χ3v) is 11.9. The van der Waals surface area contributed by atoms with E-state index in [-0.39, 0.29) is 0 Å². The molecule has 0 bridgehead atoms. The molecule has 4 heteroatoms. The second kappa shape index (κ2) is 13.3. The smallest absolute Gasteiger partial charge is 0.160 e. The summed E-state index contributed by atoms with van der Waals surface area (Å²) in [7, 11) is 0. The van der Waals surface area contributed by atoms with Crippen LogP contribution in [0.1, 0.15) is 0 Å². The summed E-state index contributed by atoms with van der Waals surface area (Å²) in [6, 6.07) is 68.5. The molecule has 0 unspecified atom stereocenters. The number of rotatable bonds is 6. The quantitative estimate of drug-likeness (QED) is 0.171. The van der Waals surface area contributed by atoms with Crippen LogP contribution in [-0.2, 0) is 0 Å². The molecule has 0 aliphatic heterocycles. The van der Waals surface area contributed by atoms with E-state index in [4.69, 9.17) is 14.4 Å². The van der Waals surface area contributed by atoms with Crippen LogP contribution < -0.4 is 0 Å². The van der Waals surface area contributed by atoms with Crippen molar-refractivity contribution in [1.29, 1.82) is 0 Å². The Balaban J connectivity index is 1.01. The Bertz CT molecular complexity index is 3240. The first kappa shape index (κ1) is 32.3. The monoisotopic (exact) mass is 732 g/mol. The van der Waals surface area contributed by atoms with E-state index < -0.39 is 0 Å². The lowest BCUT2D eigenvalue weighted by Gasteiger charge is -2.11. The first-order valence-corrected chi connectivity index (χ1v) is 19.6. The van der Waals surface area contributed by atoms with Crippen molar-refractivity contribution in [2.75, 3.05) is 0 Å². The van der Waals surface area contributed by atoms with E-state index in [0.29, 0.717) is 5.82 Å². The van der Waals surface area contributed by atoms with Crippen molar-refractivity contribution < 1.29 is 4.42 Å². The Hall–Kier alpha value is -7.14. The van der Waals surface area contributed by atoms with Crippen molar-refractivity contribution in [3.63, 3.8) is 0 Å². The van der Waals surface area contributed by atoms with Crippen molar-refractivity contribution in [3.05, 3.63) is 194 Å². The number of hydrogen-bond donors (Lipinski definition) is 0. The van der Waals surface area contributed by atoms with E-state index >= 15 is 0 Å². The molecule has 0 fully saturated rings. The number of fused-ring (bicyclic) bond motifs is 6. The van der Waals surface area contributed by atoms with Crippen LogP contribution in [0.5, 0.6) is 0 Å². The standard InChI is InChI=1S/C52H32N2OS/c1-3-11-33(12-4-1)37-15-9-16-39(29-37)47-32-46(53-52(54-47)40-25-27-43-42-17-7-8-20-49(42)56-50(43)31-40)36-23-21-35(22-24-36)41-18-10-19-44-45-30-38(34-13-5-2-6-14-34)26-28-48(45)55-51(41)44/h1-32H. The Morgan fingerprint density at radius 2 is 0.929 bits per heavy atom. The van der Waals surface area contributed by atoms with Crippen LogP contribution in [0.2, 0.25) is 0 Å². The summed E-state index contributed by atoms with van der Waals surface area (Å²) in [5, 5.41) is 4.76. The van der Waals surface area contributed by atoms with Crippen LogP contribution >= 0.6 is 11.3 Å². The van der Waals surface area contributed by atoms with Crippen LogP contribution in [0.4, 0.5) is 0 Å². The number of nitrogens with zero attached hydrogens (tertiary/aromatic N) is 2. The molecule has 3 aromatic heterocycles. The van der Waals surface area contributed by atoms with E-state index in [1.165, 1.54) is 36.9 Å². The SMILES string of the molecule is c1ccc(-c2cccc(-c3cc(-c4ccc(-c5cccc6c5oc5ccc(-c7ccccc7)cc56)cc4)nc(-c4ccc5c(c4)sc4ccccc45)n3)c2)cc1. The molecule has 0 saturated carbocycles. The lowest BCUT2D eigenvalue weighted by molar-refractivity contribution is 0.670. The minimum Gasteiger partial charge on any atom is -0.455 e. The molecule has 0 aliphatic rings. The molecular formula is C52H32N2OS. The summed E-state index contributed by atoms with van der Waals surface area (Å²) >= 11 is 1.81. The molecule has 0 spiro atoms. The van der Waals surface area contributed by atoms with Gasteiger partial charge >= 0.3 is 0 Å². The van der Waals surface area contributed by atoms with Crippen LogP contribution in [0.25, 0.3) is 109 Å². The van der Waals surface area contributed by atoms with Crippen molar-refractivity contribution in [3.8, 4) is 67.3 Å². The van der Waals surface area contributed by atoms with E-state index in [0.717, 1.165) is 66.7 Å². The van der Waals surface area contributed by atoms with Gasteiger partial charge in [0.1, 0.15) is 11.2 Å². The fraction of sp³-hybridized carbons (Fsp3) is 0. The van der Waals surface area contributed by atoms with Gasteiger partial charge in [0.15, 0.2) is 5.82 Å². The Morgan fingerprint density at radius 1 is 0.339 bits per heavy atom. The molecule has 0 atom stereocenters. The fourth-order valence-electron chi connectivity index (χ4n) is 7.88. The molecule has 0 radical (unpaired) electrons. The number of thiophene rings is 1. The Labute approximate surface area is 327 Å². The number of para-hydroxylation sites is 1. The van der Waals surface area contributed by atoms with Gasteiger partial charge in [-0.3, -0.25) is 0 Å². The van der Waals surface area contributed by atoms with Crippen molar-refractivity contribution in [2.45, 2.75) is 0 Å². The highest BCUT2D eigenvalue weighted by Gasteiger charge is 2.16. The molecule has 262 valence electrons. The molecule has 56 heavy (non-hydrogen) atoms. The summed E-state index contributed by atoms with van der Waals surface area (Å²) in [4.78, 5) is 10.5. The van der Waals surface area contributed by atoms with Gasteiger partial charge in [-0.1, -0.05) is 158 Å². The topological polar surface area (TPSA) is 38.9 Å². The predicted octanol–water partition coefficient (Wildman–Crippen LogP) is 14.7. The molecular weight excluding hydrogens is 701 g/mol. The van der Waals surface area contributed by atoms with Gasteiger partial charge in [0.25, 0.3) is 0 Å². The maximum Gasteiger partial charge on any atom is 0.160 e. The van der Waals surface area contributed by atoms with E-state index in [9.17, 15) is 0 Å². The summed E-state index contributed by atoms with van der Waals surface area (Å²) in [6.07, 6.45) is 0. The highest BCUT2D eigenvalue weighted by atomic mass is 32.1. The van der Waals surface area contributed by atoms with Gasteiger partial charge in [-0.15, -0.1) is 11.3 Å². The van der Waals surface area contributed by atoms with Gasteiger partial charge in [-0.2, -0.15) is 0 Å². The van der Waals surface area contributed by atoms with Gasteiger partial charge in [-0.25, -0.2) is 9.97 Å². The Kier molecular flexibility index (Phi) is 7.68. The molecule has 3 heterocycles. The molecule has 0 saturated heterocycles. The van der Waals surface area contributed by atoms with Crippen LogP contribution in [0.3, 0.4) is 0 Å². The molecule has 3 nitrogen and oxygen atoms in total.